The third-order valence-electron chi connectivity index (χ3n) is 2.48. The van der Waals surface area contributed by atoms with Gasteiger partial charge in [0.25, 0.3) is 0 Å². The number of allylic oxidation sites excluding steroid dienone is 1. The maximum atomic E-state index is 13.0. The Hall–Kier alpha value is -1.64. The van der Waals surface area contributed by atoms with Crippen LogP contribution in [0.15, 0.2) is 48.5 Å². The van der Waals surface area contributed by atoms with Crippen molar-refractivity contribution >= 4 is 35.1 Å². The quantitative estimate of drug-likeness (QED) is 0.573. The van der Waals surface area contributed by atoms with Crippen LogP contribution in [0.4, 0.5) is 4.39 Å². The van der Waals surface area contributed by atoms with Crippen molar-refractivity contribution in [2.24, 2.45) is 0 Å². The molecule has 0 amide bonds. The van der Waals surface area contributed by atoms with E-state index in [1.807, 2.05) is 0 Å². The van der Waals surface area contributed by atoms with Crippen LogP contribution >= 0.6 is 23.2 Å². The molecule has 0 atom stereocenters. The molecule has 2 rings (SSSR count). The molecule has 0 heterocycles. The average Bonchev–Trinajstić information content (AvgIpc) is 2.39. The molecule has 19 heavy (non-hydrogen) atoms. The van der Waals surface area contributed by atoms with Gasteiger partial charge in [-0.3, -0.25) is 4.79 Å². The second kappa shape index (κ2) is 6.00. The van der Waals surface area contributed by atoms with E-state index in [2.05, 4.69) is 0 Å². The van der Waals surface area contributed by atoms with Gasteiger partial charge in [0.05, 0.1) is 10.0 Å². The maximum absolute atomic E-state index is 13.0. The van der Waals surface area contributed by atoms with Gasteiger partial charge >= 0.3 is 0 Å². The monoisotopic (exact) mass is 294 g/mol. The lowest BCUT2D eigenvalue weighted by Gasteiger charge is -1.99. The minimum absolute atomic E-state index is 0.220. The number of rotatable bonds is 3. The topological polar surface area (TPSA) is 17.1 Å². The van der Waals surface area contributed by atoms with Crippen LogP contribution < -0.4 is 0 Å². The Balaban J connectivity index is 2.19. The molecule has 96 valence electrons. The molecule has 0 aliphatic heterocycles. The van der Waals surface area contributed by atoms with E-state index in [4.69, 9.17) is 23.2 Å². The first-order valence-corrected chi connectivity index (χ1v) is 6.25. The Bertz CT molecular complexity index is 650. The van der Waals surface area contributed by atoms with Gasteiger partial charge in [0.15, 0.2) is 5.78 Å². The van der Waals surface area contributed by atoms with Crippen molar-refractivity contribution in [2.45, 2.75) is 0 Å². The van der Waals surface area contributed by atoms with Gasteiger partial charge in [0.2, 0.25) is 0 Å². The van der Waals surface area contributed by atoms with Crippen LogP contribution in [0.3, 0.4) is 0 Å². The summed E-state index contributed by atoms with van der Waals surface area (Å²) in [4.78, 5) is 11.9. The lowest BCUT2D eigenvalue weighted by Crippen LogP contribution is -1.93. The molecule has 4 heteroatoms. The fourth-order valence-corrected chi connectivity index (χ4v) is 1.83. The molecule has 0 radical (unpaired) electrons. The van der Waals surface area contributed by atoms with Gasteiger partial charge in [-0.15, -0.1) is 0 Å². The van der Waals surface area contributed by atoms with Gasteiger partial charge in [0.1, 0.15) is 5.82 Å². The zero-order valence-corrected chi connectivity index (χ0v) is 11.3. The van der Waals surface area contributed by atoms with Crippen LogP contribution in [-0.4, -0.2) is 5.78 Å². The van der Waals surface area contributed by atoms with E-state index in [0.717, 1.165) is 0 Å². The Morgan fingerprint density at radius 3 is 2.53 bits per heavy atom. The van der Waals surface area contributed by atoms with E-state index in [1.54, 1.807) is 30.3 Å². The second-order valence-corrected chi connectivity index (χ2v) is 4.70. The smallest absolute Gasteiger partial charge is 0.185 e. The Morgan fingerprint density at radius 2 is 1.84 bits per heavy atom. The number of halogens is 3. The first-order chi connectivity index (χ1) is 9.06. The molecule has 0 N–H and O–H groups in total. The molecule has 2 aromatic rings. The number of carbonyl (C=O) groups excluding carboxylic acids is 1. The number of benzene rings is 2. The van der Waals surface area contributed by atoms with Gasteiger partial charge in [-0.1, -0.05) is 41.4 Å². The summed E-state index contributed by atoms with van der Waals surface area (Å²) >= 11 is 11.6. The molecular formula is C15H9Cl2FO. The van der Waals surface area contributed by atoms with Crippen LogP contribution in [0.25, 0.3) is 6.08 Å². The molecule has 0 fully saturated rings. The summed E-state index contributed by atoms with van der Waals surface area (Å²) in [6, 6.07) is 10.6. The average molecular weight is 295 g/mol. The predicted molar refractivity (Wildman–Crippen MR) is 76.2 cm³/mol. The summed E-state index contributed by atoms with van der Waals surface area (Å²) in [5.41, 5.74) is 1.05. The molecule has 0 aliphatic rings. The summed E-state index contributed by atoms with van der Waals surface area (Å²) in [5, 5.41) is 0.721. The van der Waals surface area contributed by atoms with Gasteiger partial charge in [0, 0.05) is 5.56 Å². The third kappa shape index (κ3) is 3.66. The summed E-state index contributed by atoms with van der Waals surface area (Å²) in [5.74, 6) is -0.563. The highest BCUT2D eigenvalue weighted by Gasteiger charge is 2.05. The summed E-state index contributed by atoms with van der Waals surface area (Å²) in [7, 11) is 0. The predicted octanol–water partition coefficient (Wildman–Crippen LogP) is 5.03. The van der Waals surface area contributed by atoms with Crippen molar-refractivity contribution in [1.29, 1.82) is 0 Å². The van der Waals surface area contributed by atoms with Crippen molar-refractivity contribution in [3.05, 3.63) is 75.5 Å². The van der Waals surface area contributed by atoms with Gasteiger partial charge in [-0.25, -0.2) is 4.39 Å². The normalized spacial score (nSPS) is 10.9. The lowest BCUT2D eigenvalue weighted by atomic mass is 10.1. The molecule has 0 spiro atoms. The SMILES string of the molecule is O=C(/C=C/c1cccc(F)c1)c1ccc(Cl)c(Cl)c1. The van der Waals surface area contributed by atoms with Crippen LogP contribution in [-0.2, 0) is 0 Å². The molecule has 2 aromatic carbocycles. The summed E-state index contributed by atoms with van der Waals surface area (Å²) in [6.45, 7) is 0. The third-order valence-corrected chi connectivity index (χ3v) is 3.22. The van der Waals surface area contributed by atoms with Crippen molar-refractivity contribution in [3.63, 3.8) is 0 Å². The lowest BCUT2D eigenvalue weighted by molar-refractivity contribution is 0.104. The zero-order chi connectivity index (χ0) is 13.8. The molecular weight excluding hydrogens is 286 g/mol. The van der Waals surface area contributed by atoms with E-state index in [1.165, 1.54) is 24.3 Å². The van der Waals surface area contributed by atoms with Gasteiger partial charge in [-0.05, 0) is 42.0 Å². The summed E-state index contributed by atoms with van der Waals surface area (Å²) < 4.78 is 13.0. The number of carbonyl (C=O) groups is 1. The van der Waals surface area contributed by atoms with Crippen molar-refractivity contribution in [2.75, 3.05) is 0 Å². The molecule has 0 aliphatic carbocycles. The van der Waals surface area contributed by atoms with Crippen molar-refractivity contribution in [1.82, 2.24) is 0 Å². The molecule has 0 unspecified atom stereocenters. The van der Waals surface area contributed by atoms with E-state index in [-0.39, 0.29) is 11.6 Å². The van der Waals surface area contributed by atoms with Crippen LogP contribution in [0, 0.1) is 5.82 Å². The van der Waals surface area contributed by atoms with Crippen molar-refractivity contribution in [3.8, 4) is 0 Å². The van der Waals surface area contributed by atoms with Crippen LogP contribution in [0.1, 0.15) is 15.9 Å². The van der Waals surface area contributed by atoms with E-state index < -0.39 is 0 Å². The zero-order valence-electron chi connectivity index (χ0n) is 9.74. The van der Waals surface area contributed by atoms with Crippen LogP contribution in [0.2, 0.25) is 10.0 Å². The minimum Gasteiger partial charge on any atom is -0.289 e. The van der Waals surface area contributed by atoms with Crippen LogP contribution in [0.5, 0.6) is 0 Å². The highest BCUT2D eigenvalue weighted by molar-refractivity contribution is 6.42. The molecule has 1 nitrogen and oxygen atoms in total. The molecule has 0 saturated heterocycles. The second-order valence-electron chi connectivity index (χ2n) is 3.88. The first-order valence-electron chi connectivity index (χ1n) is 5.49. The molecule has 0 bridgehead atoms. The Labute approximate surface area is 120 Å². The highest BCUT2D eigenvalue weighted by atomic mass is 35.5. The largest absolute Gasteiger partial charge is 0.289 e. The standard InChI is InChI=1S/C15H9Cl2FO/c16-13-6-5-11(9-14(13)17)15(19)7-4-10-2-1-3-12(18)8-10/h1-9H/b7-4+. The Morgan fingerprint density at radius 1 is 1.05 bits per heavy atom. The Kier molecular flexibility index (Phi) is 4.35. The van der Waals surface area contributed by atoms with Crippen molar-refractivity contribution < 1.29 is 9.18 Å². The van der Waals surface area contributed by atoms with E-state index in [9.17, 15) is 9.18 Å². The number of ketones is 1. The molecule has 0 saturated carbocycles. The molecule has 0 aromatic heterocycles. The number of hydrogen-bond acceptors (Lipinski definition) is 1. The van der Waals surface area contributed by atoms with E-state index in [0.29, 0.717) is 21.2 Å². The number of hydrogen-bond donors (Lipinski definition) is 0. The van der Waals surface area contributed by atoms with E-state index >= 15 is 0 Å². The maximum Gasteiger partial charge on any atom is 0.185 e. The fraction of sp³-hybridized carbons (Fsp3) is 0. The highest BCUT2D eigenvalue weighted by Crippen LogP contribution is 2.23. The minimum atomic E-state index is -0.343. The first kappa shape index (κ1) is 13.8. The fourth-order valence-electron chi connectivity index (χ4n) is 1.53. The summed E-state index contributed by atoms with van der Waals surface area (Å²) in [6.07, 6.45) is 2.92. The van der Waals surface area contributed by atoms with Gasteiger partial charge < -0.3 is 0 Å². The van der Waals surface area contributed by atoms with Gasteiger partial charge in [-0.2, -0.15) is 0 Å².